The van der Waals surface area contributed by atoms with Crippen molar-refractivity contribution in [1.29, 1.82) is 0 Å². The SMILES string of the molecule is CCC[C@H](NC(=O)[C@@H]1[C@H]2CCC[C@H]2CN1C(=O)[C@@H](NC(=O)[C@@H](CC(=O)c1cnccn1)C1CCCCC1)C(C)(C)C)C(=O)C(=O)CC1CC1. The summed E-state index contributed by atoms with van der Waals surface area (Å²) in [5.41, 5.74) is -0.487. The molecule has 1 aromatic heterocycles. The van der Waals surface area contributed by atoms with Gasteiger partial charge in [0.2, 0.25) is 29.3 Å². The van der Waals surface area contributed by atoms with E-state index in [0.29, 0.717) is 19.4 Å². The fourth-order valence-corrected chi connectivity index (χ4v) is 8.38. The highest BCUT2D eigenvalue weighted by atomic mass is 16.2. The van der Waals surface area contributed by atoms with Gasteiger partial charge in [0, 0.05) is 37.7 Å². The van der Waals surface area contributed by atoms with Gasteiger partial charge in [0.15, 0.2) is 5.78 Å². The van der Waals surface area contributed by atoms with Gasteiger partial charge < -0.3 is 15.5 Å². The minimum absolute atomic E-state index is 0.00502. The van der Waals surface area contributed by atoms with Crippen molar-refractivity contribution in [3.8, 4) is 0 Å². The van der Waals surface area contributed by atoms with E-state index < -0.39 is 46.9 Å². The Balaban J connectivity index is 1.36. The lowest BCUT2D eigenvalue weighted by molar-refractivity contribution is -0.146. The Morgan fingerprint density at radius 1 is 0.918 bits per heavy atom. The molecule has 3 saturated carbocycles. The Kier molecular flexibility index (Phi) is 12.0. The molecule has 11 heteroatoms. The first-order valence-electron chi connectivity index (χ1n) is 18.7. The van der Waals surface area contributed by atoms with Crippen LogP contribution in [0.5, 0.6) is 0 Å². The molecular weight excluding hydrogens is 622 g/mol. The van der Waals surface area contributed by atoms with Crippen molar-refractivity contribution in [3.63, 3.8) is 0 Å². The molecule has 0 aromatic carbocycles. The average molecular weight is 678 g/mol. The van der Waals surface area contributed by atoms with Gasteiger partial charge in [0.05, 0.1) is 12.2 Å². The highest BCUT2D eigenvalue weighted by molar-refractivity contribution is 6.39. The van der Waals surface area contributed by atoms with Crippen molar-refractivity contribution >= 4 is 35.1 Å². The van der Waals surface area contributed by atoms with E-state index in [0.717, 1.165) is 64.2 Å². The number of likely N-dealkylation sites (tertiary alicyclic amines) is 1. The van der Waals surface area contributed by atoms with Crippen LogP contribution in [-0.4, -0.2) is 74.6 Å². The maximum absolute atomic E-state index is 14.6. The van der Waals surface area contributed by atoms with Crippen molar-refractivity contribution in [3.05, 3.63) is 24.3 Å². The Bertz CT molecular complexity index is 1380. The first-order valence-corrected chi connectivity index (χ1v) is 18.7. The molecule has 2 heterocycles. The number of hydrogen-bond donors (Lipinski definition) is 2. The van der Waals surface area contributed by atoms with Crippen LogP contribution in [0.25, 0.3) is 0 Å². The van der Waals surface area contributed by atoms with E-state index in [2.05, 4.69) is 20.6 Å². The zero-order valence-corrected chi connectivity index (χ0v) is 29.7. The lowest BCUT2D eigenvalue weighted by Gasteiger charge is -2.38. The molecule has 4 aliphatic rings. The monoisotopic (exact) mass is 677 g/mol. The largest absolute Gasteiger partial charge is 0.344 e. The van der Waals surface area contributed by atoms with Crippen molar-refractivity contribution in [2.24, 2.45) is 35.0 Å². The van der Waals surface area contributed by atoms with E-state index in [-0.39, 0.29) is 59.8 Å². The summed E-state index contributed by atoms with van der Waals surface area (Å²) in [5, 5.41) is 5.99. The molecule has 49 heavy (non-hydrogen) atoms. The van der Waals surface area contributed by atoms with Crippen molar-refractivity contribution in [1.82, 2.24) is 25.5 Å². The number of hydrogen-bond acceptors (Lipinski definition) is 8. The summed E-state index contributed by atoms with van der Waals surface area (Å²) in [6, 6.07) is -2.65. The second kappa shape index (κ2) is 16.0. The quantitative estimate of drug-likeness (QED) is 0.201. The van der Waals surface area contributed by atoms with Crippen LogP contribution in [-0.2, 0) is 24.0 Å². The van der Waals surface area contributed by atoms with E-state index in [1.54, 1.807) is 4.90 Å². The molecule has 6 atom stereocenters. The molecule has 5 rings (SSSR count). The molecule has 1 aliphatic heterocycles. The number of nitrogens with one attached hydrogen (secondary N) is 2. The van der Waals surface area contributed by atoms with Crippen LogP contribution < -0.4 is 10.6 Å². The second-order valence-electron chi connectivity index (χ2n) is 16.1. The smallest absolute Gasteiger partial charge is 0.246 e. The van der Waals surface area contributed by atoms with Gasteiger partial charge in [-0.2, -0.15) is 0 Å². The van der Waals surface area contributed by atoms with E-state index in [4.69, 9.17) is 0 Å². The van der Waals surface area contributed by atoms with Crippen LogP contribution in [0.1, 0.15) is 128 Å². The van der Waals surface area contributed by atoms with Crippen LogP contribution in [0, 0.1) is 35.0 Å². The number of Topliss-reactive ketones (excluding diaryl/α,β-unsaturated/α-hetero) is 3. The van der Waals surface area contributed by atoms with Crippen molar-refractivity contribution < 1.29 is 28.8 Å². The molecule has 0 radical (unpaired) electrons. The van der Waals surface area contributed by atoms with Crippen LogP contribution >= 0.6 is 0 Å². The van der Waals surface area contributed by atoms with Gasteiger partial charge in [0.25, 0.3) is 0 Å². The molecule has 1 aromatic rings. The van der Waals surface area contributed by atoms with Gasteiger partial charge >= 0.3 is 0 Å². The van der Waals surface area contributed by atoms with E-state index in [1.807, 2.05) is 27.7 Å². The predicted molar refractivity (Wildman–Crippen MR) is 183 cm³/mol. The maximum Gasteiger partial charge on any atom is 0.246 e. The van der Waals surface area contributed by atoms with Crippen molar-refractivity contribution in [2.75, 3.05) is 6.54 Å². The molecule has 11 nitrogen and oxygen atoms in total. The number of carbonyl (C=O) groups is 6. The Morgan fingerprint density at radius 2 is 1.65 bits per heavy atom. The number of fused-ring (bicyclic) bond motifs is 1. The van der Waals surface area contributed by atoms with Crippen LogP contribution in [0.2, 0.25) is 0 Å². The van der Waals surface area contributed by atoms with Crippen molar-refractivity contribution in [2.45, 2.75) is 136 Å². The molecule has 3 amide bonds. The summed E-state index contributed by atoms with van der Waals surface area (Å²) in [4.78, 5) is 92.0. The minimum atomic E-state index is -0.944. The fourth-order valence-electron chi connectivity index (χ4n) is 8.38. The third kappa shape index (κ3) is 9.00. The van der Waals surface area contributed by atoms with E-state index in [1.165, 1.54) is 18.6 Å². The number of aromatic nitrogens is 2. The molecule has 0 unspecified atom stereocenters. The van der Waals surface area contributed by atoms with Gasteiger partial charge in [-0.15, -0.1) is 0 Å². The highest BCUT2D eigenvalue weighted by Gasteiger charge is 2.52. The second-order valence-corrected chi connectivity index (χ2v) is 16.1. The third-order valence-electron chi connectivity index (χ3n) is 11.3. The molecule has 1 saturated heterocycles. The Labute approximate surface area is 290 Å². The summed E-state index contributed by atoms with van der Waals surface area (Å²) in [5.74, 6) is -2.57. The summed E-state index contributed by atoms with van der Waals surface area (Å²) in [7, 11) is 0. The number of carbonyl (C=O) groups excluding carboxylic acids is 6. The average Bonchev–Trinajstić information content (AvgIpc) is 3.65. The third-order valence-corrected chi connectivity index (χ3v) is 11.3. The highest BCUT2D eigenvalue weighted by Crippen LogP contribution is 2.43. The van der Waals surface area contributed by atoms with Gasteiger partial charge in [0.1, 0.15) is 17.8 Å². The lowest BCUT2D eigenvalue weighted by Crippen LogP contribution is -2.60. The normalized spacial score (nSPS) is 24.4. The summed E-state index contributed by atoms with van der Waals surface area (Å²) in [6.07, 6.45) is 14.8. The molecule has 268 valence electrons. The molecule has 0 spiro atoms. The van der Waals surface area contributed by atoms with Gasteiger partial charge in [-0.25, -0.2) is 4.98 Å². The fraction of sp³-hybridized carbons (Fsp3) is 0.737. The number of amides is 3. The molecular formula is C38H55N5O6. The standard InChI is InChI=1S/C38H55N5O6/c1-5-10-28(33(46)31(45)19-23-15-16-23)41-36(48)32-26-14-9-13-25(26)22-43(32)37(49)34(38(2,3)4)42-35(47)27(24-11-7-6-8-12-24)20-30(44)29-21-39-17-18-40-29/h17-18,21,23-28,32,34H,5-16,19-20,22H2,1-4H3,(H,41,48)(H,42,47)/t25-,26-,27-,28-,32-,34+/m0/s1. The van der Waals surface area contributed by atoms with Crippen LogP contribution in [0.3, 0.4) is 0 Å². The number of ketones is 3. The summed E-state index contributed by atoms with van der Waals surface area (Å²) in [6.45, 7) is 7.99. The zero-order valence-electron chi connectivity index (χ0n) is 29.7. The number of nitrogens with zero attached hydrogens (tertiary/aromatic N) is 3. The maximum atomic E-state index is 14.6. The molecule has 0 bridgehead atoms. The first kappa shape index (κ1) is 36.8. The Morgan fingerprint density at radius 3 is 2.29 bits per heavy atom. The number of rotatable bonds is 15. The molecule has 2 N–H and O–H groups in total. The van der Waals surface area contributed by atoms with Gasteiger partial charge in [-0.1, -0.05) is 59.8 Å². The summed E-state index contributed by atoms with van der Waals surface area (Å²) >= 11 is 0. The van der Waals surface area contributed by atoms with E-state index >= 15 is 0 Å². The van der Waals surface area contributed by atoms with Gasteiger partial charge in [-0.05, 0) is 74.0 Å². The molecule has 4 fully saturated rings. The lowest BCUT2D eigenvalue weighted by atomic mass is 9.76. The zero-order chi connectivity index (χ0) is 35.3. The van der Waals surface area contributed by atoms with E-state index in [9.17, 15) is 28.8 Å². The summed E-state index contributed by atoms with van der Waals surface area (Å²) < 4.78 is 0. The Hall–Kier alpha value is -3.50. The van der Waals surface area contributed by atoms with Crippen LogP contribution in [0.4, 0.5) is 0 Å². The van der Waals surface area contributed by atoms with Gasteiger partial charge in [-0.3, -0.25) is 33.8 Å². The topological polar surface area (TPSA) is 156 Å². The minimum Gasteiger partial charge on any atom is -0.344 e. The van der Waals surface area contributed by atoms with Crippen LogP contribution in [0.15, 0.2) is 18.6 Å². The first-order chi connectivity index (χ1) is 23.4. The predicted octanol–water partition coefficient (Wildman–Crippen LogP) is 4.63. The molecule has 3 aliphatic carbocycles.